The van der Waals surface area contributed by atoms with Crippen LogP contribution in [0.1, 0.15) is 33.3 Å². The van der Waals surface area contributed by atoms with Gasteiger partial charge in [0.2, 0.25) is 5.91 Å². The molecule has 1 atom stereocenters. The highest BCUT2D eigenvalue weighted by atomic mass is 16.2. The summed E-state index contributed by atoms with van der Waals surface area (Å²) in [4.78, 5) is 14.2. The van der Waals surface area contributed by atoms with E-state index in [2.05, 4.69) is 12.1 Å². The van der Waals surface area contributed by atoms with E-state index in [1.165, 1.54) is 5.56 Å². The van der Waals surface area contributed by atoms with Crippen molar-refractivity contribution < 1.29 is 4.79 Å². The molecule has 0 radical (unpaired) electrons. The van der Waals surface area contributed by atoms with Crippen LogP contribution in [0.25, 0.3) is 0 Å². The molecule has 0 fully saturated rings. The molecule has 19 heavy (non-hydrogen) atoms. The lowest BCUT2D eigenvalue weighted by molar-refractivity contribution is -0.134. The average molecular weight is 262 g/mol. The highest BCUT2D eigenvalue weighted by Gasteiger charge is 2.30. The van der Waals surface area contributed by atoms with E-state index >= 15 is 0 Å². The van der Waals surface area contributed by atoms with Gasteiger partial charge in [0.05, 0.1) is 6.04 Å². The third-order valence-electron chi connectivity index (χ3n) is 3.41. The molecule has 3 nitrogen and oxygen atoms in total. The minimum atomic E-state index is -0.441. The molecule has 1 aromatic carbocycles. The fourth-order valence-corrected chi connectivity index (χ4v) is 1.90. The highest BCUT2D eigenvalue weighted by molar-refractivity contribution is 5.82. The number of amides is 1. The first-order valence-electron chi connectivity index (χ1n) is 6.94. The van der Waals surface area contributed by atoms with Crippen LogP contribution >= 0.6 is 0 Å². The van der Waals surface area contributed by atoms with Gasteiger partial charge in [-0.15, -0.1) is 0 Å². The number of nitrogens with zero attached hydrogens (tertiary/aromatic N) is 1. The summed E-state index contributed by atoms with van der Waals surface area (Å²) < 4.78 is 0. The molecule has 0 saturated carbocycles. The van der Waals surface area contributed by atoms with E-state index in [9.17, 15) is 4.79 Å². The van der Waals surface area contributed by atoms with Gasteiger partial charge in [-0.2, -0.15) is 0 Å². The predicted molar refractivity (Wildman–Crippen MR) is 79.8 cm³/mol. The third kappa shape index (κ3) is 4.67. The number of hydrogen-bond donors (Lipinski definition) is 1. The molecule has 0 aliphatic carbocycles. The molecule has 1 aromatic rings. The van der Waals surface area contributed by atoms with Crippen molar-refractivity contribution in [1.29, 1.82) is 0 Å². The fourth-order valence-electron chi connectivity index (χ4n) is 1.90. The van der Waals surface area contributed by atoms with Crippen LogP contribution in [0.5, 0.6) is 0 Å². The van der Waals surface area contributed by atoms with Crippen LogP contribution in [0, 0.1) is 5.41 Å². The number of benzene rings is 1. The number of hydrogen-bond acceptors (Lipinski definition) is 2. The zero-order valence-electron chi connectivity index (χ0n) is 12.5. The molecule has 0 aliphatic rings. The molecular formula is C16H26N2O. The van der Waals surface area contributed by atoms with Crippen LogP contribution < -0.4 is 5.73 Å². The minimum absolute atomic E-state index is 0.0472. The number of rotatable bonds is 5. The molecule has 0 aliphatic heterocycles. The fraction of sp³-hybridized carbons (Fsp3) is 0.562. The van der Waals surface area contributed by atoms with Crippen LogP contribution in [0.4, 0.5) is 0 Å². The smallest absolute Gasteiger partial charge is 0.240 e. The highest BCUT2D eigenvalue weighted by Crippen LogP contribution is 2.19. The molecule has 0 saturated heterocycles. The summed E-state index contributed by atoms with van der Waals surface area (Å²) in [7, 11) is 0. The van der Waals surface area contributed by atoms with E-state index in [1.54, 1.807) is 0 Å². The van der Waals surface area contributed by atoms with Crippen molar-refractivity contribution in [2.45, 2.75) is 40.2 Å². The first-order valence-corrected chi connectivity index (χ1v) is 6.94. The molecule has 106 valence electrons. The lowest BCUT2D eigenvalue weighted by Gasteiger charge is -2.31. The van der Waals surface area contributed by atoms with Crippen molar-refractivity contribution in [2.24, 2.45) is 11.1 Å². The van der Waals surface area contributed by atoms with Crippen molar-refractivity contribution in [3.63, 3.8) is 0 Å². The predicted octanol–water partition coefficient (Wildman–Crippen LogP) is 2.45. The van der Waals surface area contributed by atoms with Crippen molar-refractivity contribution in [3.05, 3.63) is 35.9 Å². The Morgan fingerprint density at radius 1 is 1.26 bits per heavy atom. The maximum absolute atomic E-state index is 12.3. The normalized spacial score (nSPS) is 13.1. The van der Waals surface area contributed by atoms with Gasteiger partial charge in [-0.25, -0.2) is 0 Å². The average Bonchev–Trinajstić information content (AvgIpc) is 2.38. The third-order valence-corrected chi connectivity index (χ3v) is 3.41. The van der Waals surface area contributed by atoms with E-state index < -0.39 is 6.04 Å². The van der Waals surface area contributed by atoms with E-state index in [0.717, 1.165) is 13.0 Å². The van der Waals surface area contributed by atoms with Crippen LogP contribution in [0.15, 0.2) is 30.3 Å². The van der Waals surface area contributed by atoms with Gasteiger partial charge in [0, 0.05) is 13.1 Å². The molecule has 2 N–H and O–H groups in total. The van der Waals surface area contributed by atoms with E-state index in [-0.39, 0.29) is 11.3 Å². The SMILES string of the molecule is CCN(CCc1ccccc1)C(=O)[C@@H](N)C(C)(C)C. The lowest BCUT2D eigenvalue weighted by Crippen LogP contribution is -2.50. The van der Waals surface area contributed by atoms with Gasteiger partial charge >= 0.3 is 0 Å². The van der Waals surface area contributed by atoms with E-state index in [0.29, 0.717) is 6.54 Å². The topological polar surface area (TPSA) is 46.3 Å². The molecule has 0 bridgehead atoms. The van der Waals surface area contributed by atoms with Crippen LogP contribution in [-0.2, 0) is 11.2 Å². The zero-order valence-corrected chi connectivity index (χ0v) is 12.5. The molecule has 0 unspecified atom stereocenters. The van der Waals surface area contributed by atoms with Gasteiger partial charge < -0.3 is 10.6 Å². The molecule has 0 heterocycles. The second-order valence-corrected chi connectivity index (χ2v) is 6.00. The van der Waals surface area contributed by atoms with Gasteiger partial charge in [0.25, 0.3) is 0 Å². The first kappa shape index (κ1) is 15.7. The summed E-state index contributed by atoms with van der Waals surface area (Å²) in [6.45, 7) is 9.43. The Bertz CT molecular complexity index is 395. The molecular weight excluding hydrogens is 236 g/mol. The monoisotopic (exact) mass is 262 g/mol. The number of nitrogens with two attached hydrogens (primary N) is 1. The van der Waals surface area contributed by atoms with Crippen molar-refractivity contribution in [1.82, 2.24) is 4.90 Å². The standard InChI is InChI=1S/C16H26N2O/c1-5-18(15(19)14(17)16(2,3)4)12-11-13-9-7-6-8-10-13/h6-10,14H,5,11-12,17H2,1-4H3/t14-/m1/s1. The zero-order chi connectivity index (χ0) is 14.5. The Morgan fingerprint density at radius 2 is 1.84 bits per heavy atom. The van der Waals surface area contributed by atoms with Crippen molar-refractivity contribution >= 4 is 5.91 Å². The van der Waals surface area contributed by atoms with Gasteiger partial charge in [-0.1, -0.05) is 51.1 Å². The maximum atomic E-state index is 12.3. The quantitative estimate of drug-likeness (QED) is 0.886. The van der Waals surface area contributed by atoms with Crippen LogP contribution in [0.3, 0.4) is 0 Å². The van der Waals surface area contributed by atoms with Crippen LogP contribution in [0.2, 0.25) is 0 Å². The summed E-state index contributed by atoms with van der Waals surface area (Å²) in [6, 6.07) is 9.78. The minimum Gasteiger partial charge on any atom is -0.341 e. The van der Waals surface area contributed by atoms with Crippen LogP contribution in [-0.4, -0.2) is 29.9 Å². The number of carbonyl (C=O) groups is 1. The summed E-state index contributed by atoms with van der Waals surface area (Å²) in [5.41, 5.74) is 7.10. The second-order valence-electron chi connectivity index (χ2n) is 6.00. The molecule has 0 aromatic heterocycles. The summed E-state index contributed by atoms with van der Waals surface area (Å²) in [6.07, 6.45) is 0.872. The molecule has 1 rings (SSSR count). The van der Waals surface area contributed by atoms with Gasteiger partial charge in [0.1, 0.15) is 0 Å². The Morgan fingerprint density at radius 3 is 2.32 bits per heavy atom. The Kier molecular flexibility index (Phi) is 5.55. The number of likely N-dealkylation sites (N-methyl/N-ethyl adjacent to an activating group) is 1. The Balaban J connectivity index is 2.61. The lowest BCUT2D eigenvalue weighted by atomic mass is 9.86. The molecule has 3 heteroatoms. The maximum Gasteiger partial charge on any atom is 0.240 e. The van der Waals surface area contributed by atoms with E-state index in [4.69, 9.17) is 5.73 Å². The molecule has 1 amide bonds. The Hall–Kier alpha value is -1.35. The first-order chi connectivity index (χ1) is 8.86. The Labute approximate surface area is 116 Å². The summed E-state index contributed by atoms with van der Waals surface area (Å²) in [5, 5.41) is 0. The second kappa shape index (κ2) is 6.71. The summed E-state index contributed by atoms with van der Waals surface area (Å²) in [5.74, 6) is 0.0472. The van der Waals surface area contributed by atoms with Gasteiger partial charge in [0.15, 0.2) is 0 Å². The van der Waals surface area contributed by atoms with E-state index in [1.807, 2.05) is 50.8 Å². The summed E-state index contributed by atoms with van der Waals surface area (Å²) >= 11 is 0. The van der Waals surface area contributed by atoms with Crippen molar-refractivity contribution in [2.75, 3.05) is 13.1 Å². The number of carbonyl (C=O) groups excluding carboxylic acids is 1. The molecule has 0 spiro atoms. The van der Waals surface area contributed by atoms with Crippen molar-refractivity contribution in [3.8, 4) is 0 Å². The van der Waals surface area contributed by atoms with Gasteiger partial charge in [-0.3, -0.25) is 4.79 Å². The largest absolute Gasteiger partial charge is 0.341 e. The van der Waals surface area contributed by atoms with Gasteiger partial charge in [-0.05, 0) is 24.3 Å².